The topological polar surface area (TPSA) is 34.1 Å². The molecule has 0 radical (unpaired) electrons. The lowest BCUT2D eigenvalue weighted by Crippen LogP contribution is -1.92. The van der Waals surface area contributed by atoms with E-state index in [4.69, 9.17) is 11.6 Å². The molecule has 2 nitrogen and oxygen atoms in total. The van der Waals surface area contributed by atoms with Crippen molar-refractivity contribution >= 4 is 23.2 Å². The Hall–Kier alpha value is -2.00. The number of rotatable bonds is 0. The van der Waals surface area contributed by atoms with Crippen LogP contribution in [0, 0.1) is 12.7 Å². The smallest absolute Gasteiger partial charge is 0.163 e. The standard InChI is InChI=1S/C10H9ClO.C9H7FO/c1-6-4-7(11)5-9-8(6)2-3-10(9)12;10-7-3-1-6-2-4-9(11)8(6)5-7/h4-5H,2-3H2,1H3;1,3,5H,2,4H2. The maximum Gasteiger partial charge on any atom is 0.163 e. The van der Waals surface area contributed by atoms with E-state index in [0.29, 0.717) is 23.4 Å². The van der Waals surface area contributed by atoms with E-state index in [0.717, 1.165) is 29.5 Å². The van der Waals surface area contributed by atoms with Crippen LogP contribution in [-0.4, -0.2) is 11.6 Å². The van der Waals surface area contributed by atoms with Crippen LogP contribution in [0.3, 0.4) is 0 Å². The molecule has 0 spiro atoms. The van der Waals surface area contributed by atoms with Gasteiger partial charge in [-0.25, -0.2) is 4.39 Å². The van der Waals surface area contributed by atoms with Gasteiger partial charge in [0.2, 0.25) is 0 Å². The zero-order valence-electron chi connectivity index (χ0n) is 12.8. The second-order valence-corrected chi connectivity index (χ2v) is 6.33. The zero-order chi connectivity index (χ0) is 16.6. The number of aryl methyl sites for hydroxylation is 2. The van der Waals surface area contributed by atoms with Crippen LogP contribution in [0.2, 0.25) is 5.02 Å². The highest BCUT2D eigenvalue weighted by atomic mass is 35.5. The molecule has 0 unspecified atom stereocenters. The van der Waals surface area contributed by atoms with Crippen molar-refractivity contribution < 1.29 is 14.0 Å². The molecule has 118 valence electrons. The van der Waals surface area contributed by atoms with Gasteiger partial charge in [-0.1, -0.05) is 17.7 Å². The van der Waals surface area contributed by atoms with E-state index in [-0.39, 0.29) is 17.4 Å². The molecule has 0 N–H and O–H groups in total. The molecule has 2 aromatic rings. The van der Waals surface area contributed by atoms with E-state index >= 15 is 0 Å². The highest BCUT2D eigenvalue weighted by molar-refractivity contribution is 6.31. The molecule has 0 amide bonds. The summed E-state index contributed by atoms with van der Waals surface area (Å²) in [6, 6.07) is 8.11. The summed E-state index contributed by atoms with van der Waals surface area (Å²) in [5.74, 6) is -0.0194. The molecule has 0 aromatic heterocycles. The summed E-state index contributed by atoms with van der Waals surface area (Å²) in [5.41, 5.74) is 4.72. The molecule has 4 heteroatoms. The van der Waals surface area contributed by atoms with Gasteiger partial charge >= 0.3 is 0 Å². The van der Waals surface area contributed by atoms with Crippen molar-refractivity contribution in [3.63, 3.8) is 0 Å². The maximum absolute atomic E-state index is 12.6. The van der Waals surface area contributed by atoms with Gasteiger partial charge in [0.25, 0.3) is 0 Å². The average molecular weight is 331 g/mol. The van der Waals surface area contributed by atoms with Crippen LogP contribution >= 0.6 is 11.6 Å². The molecule has 0 aliphatic heterocycles. The Kier molecular flexibility index (Phi) is 4.31. The molecular formula is C19H16ClFO2. The van der Waals surface area contributed by atoms with Gasteiger partial charge in [0, 0.05) is 29.0 Å². The number of carbonyl (C=O) groups is 2. The monoisotopic (exact) mass is 330 g/mol. The van der Waals surface area contributed by atoms with E-state index in [9.17, 15) is 14.0 Å². The minimum Gasteiger partial charge on any atom is -0.294 e. The summed E-state index contributed by atoms with van der Waals surface area (Å²) in [7, 11) is 0. The first kappa shape index (κ1) is 15.9. The van der Waals surface area contributed by atoms with E-state index in [1.165, 1.54) is 17.7 Å². The number of hydrogen-bond acceptors (Lipinski definition) is 2. The Morgan fingerprint density at radius 1 is 0.913 bits per heavy atom. The van der Waals surface area contributed by atoms with Crippen molar-refractivity contribution in [2.75, 3.05) is 0 Å². The highest BCUT2D eigenvalue weighted by Crippen LogP contribution is 2.28. The van der Waals surface area contributed by atoms with Crippen LogP contribution in [0.25, 0.3) is 0 Å². The van der Waals surface area contributed by atoms with Crippen LogP contribution in [0.1, 0.15) is 50.2 Å². The number of carbonyl (C=O) groups excluding carboxylic acids is 2. The number of fused-ring (bicyclic) bond motifs is 2. The normalized spacial score (nSPS) is 15.1. The summed E-state index contributed by atoms with van der Waals surface area (Å²) < 4.78 is 12.6. The molecular weight excluding hydrogens is 315 g/mol. The number of Topliss-reactive ketones (excluding diaryl/α,β-unsaturated/α-hetero) is 2. The lowest BCUT2D eigenvalue weighted by molar-refractivity contribution is 0.0986. The second kappa shape index (κ2) is 6.25. The Labute approximate surface area is 139 Å². The zero-order valence-corrected chi connectivity index (χ0v) is 13.5. The Morgan fingerprint density at radius 2 is 1.61 bits per heavy atom. The molecule has 0 fully saturated rings. The number of ketones is 2. The number of benzene rings is 2. The predicted octanol–water partition coefficient (Wildman–Crippen LogP) is 4.73. The fraction of sp³-hybridized carbons (Fsp3) is 0.263. The molecule has 2 aromatic carbocycles. The van der Waals surface area contributed by atoms with E-state index in [1.54, 1.807) is 12.1 Å². The lowest BCUT2D eigenvalue weighted by atomic mass is 10.0. The van der Waals surface area contributed by atoms with Gasteiger partial charge in [-0.05, 0) is 60.7 Å². The second-order valence-electron chi connectivity index (χ2n) is 5.90. The first-order valence-electron chi connectivity index (χ1n) is 7.59. The Balaban J connectivity index is 0.000000136. The van der Waals surface area contributed by atoms with Crippen molar-refractivity contribution in [3.05, 3.63) is 69.0 Å². The molecule has 0 saturated carbocycles. The van der Waals surface area contributed by atoms with Gasteiger partial charge in [-0.15, -0.1) is 0 Å². The quantitative estimate of drug-likeness (QED) is 0.699. The number of hydrogen-bond donors (Lipinski definition) is 0. The number of halogens is 2. The first-order valence-corrected chi connectivity index (χ1v) is 7.97. The average Bonchev–Trinajstić information content (AvgIpc) is 3.05. The molecule has 0 saturated heterocycles. The van der Waals surface area contributed by atoms with Gasteiger partial charge in [-0.2, -0.15) is 0 Å². The molecule has 0 atom stereocenters. The molecule has 23 heavy (non-hydrogen) atoms. The first-order chi connectivity index (χ1) is 11.0. The molecule has 0 bridgehead atoms. The minimum atomic E-state index is -0.320. The Bertz CT molecular complexity index is 811. The molecule has 2 aliphatic carbocycles. The highest BCUT2D eigenvalue weighted by Gasteiger charge is 2.21. The van der Waals surface area contributed by atoms with Gasteiger partial charge in [0.15, 0.2) is 11.6 Å². The maximum atomic E-state index is 12.6. The van der Waals surface area contributed by atoms with Crippen molar-refractivity contribution in [1.82, 2.24) is 0 Å². The summed E-state index contributed by atoms with van der Waals surface area (Å²) in [6.45, 7) is 2.00. The lowest BCUT2D eigenvalue weighted by Gasteiger charge is -2.02. The van der Waals surface area contributed by atoms with Gasteiger partial charge in [0.1, 0.15) is 5.82 Å². The summed E-state index contributed by atoms with van der Waals surface area (Å²) in [6.07, 6.45) is 2.85. The third kappa shape index (κ3) is 3.20. The van der Waals surface area contributed by atoms with Crippen LogP contribution < -0.4 is 0 Å². The van der Waals surface area contributed by atoms with Crippen molar-refractivity contribution in [2.45, 2.75) is 32.6 Å². The fourth-order valence-electron chi connectivity index (χ4n) is 3.14. The predicted molar refractivity (Wildman–Crippen MR) is 87.9 cm³/mol. The fourth-order valence-corrected chi connectivity index (χ4v) is 3.41. The van der Waals surface area contributed by atoms with Gasteiger partial charge in [-0.3, -0.25) is 9.59 Å². The van der Waals surface area contributed by atoms with Crippen molar-refractivity contribution in [3.8, 4) is 0 Å². The summed E-state index contributed by atoms with van der Waals surface area (Å²) >= 11 is 5.84. The summed E-state index contributed by atoms with van der Waals surface area (Å²) in [5, 5.41) is 0.668. The summed E-state index contributed by atoms with van der Waals surface area (Å²) in [4.78, 5) is 22.4. The van der Waals surface area contributed by atoms with Crippen LogP contribution in [0.5, 0.6) is 0 Å². The van der Waals surface area contributed by atoms with Crippen LogP contribution in [0.4, 0.5) is 4.39 Å². The van der Waals surface area contributed by atoms with Crippen LogP contribution in [-0.2, 0) is 12.8 Å². The van der Waals surface area contributed by atoms with Crippen molar-refractivity contribution in [1.29, 1.82) is 0 Å². The van der Waals surface area contributed by atoms with Gasteiger partial charge < -0.3 is 0 Å². The SMILES string of the molecule is Cc1cc(Cl)cc2c1CCC2=O.O=C1CCc2ccc(F)cc21. The van der Waals surface area contributed by atoms with E-state index in [2.05, 4.69) is 0 Å². The van der Waals surface area contributed by atoms with Crippen molar-refractivity contribution in [2.24, 2.45) is 0 Å². The Morgan fingerprint density at radius 3 is 2.39 bits per heavy atom. The van der Waals surface area contributed by atoms with Gasteiger partial charge in [0.05, 0.1) is 0 Å². The van der Waals surface area contributed by atoms with E-state index < -0.39 is 0 Å². The largest absolute Gasteiger partial charge is 0.294 e. The molecule has 0 heterocycles. The molecule has 4 rings (SSSR count). The molecule has 2 aliphatic rings. The third-order valence-electron chi connectivity index (χ3n) is 4.33. The third-order valence-corrected chi connectivity index (χ3v) is 4.55. The van der Waals surface area contributed by atoms with E-state index in [1.807, 2.05) is 13.0 Å². The minimum absolute atomic E-state index is 0.0690. The van der Waals surface area contributed by atoms with Crippen LogP contribution in [0.15, 0.2) is 30.3 Å².